The number of halogens is 1. The third kappa shape index (κ3) is 2.50. The summed E-state index contributed by atoms with van der Waals surface area (Å²) in [5, 5.41) is 5.46. The molecule has 3 rings (SSSR count). The summed E-state index contributed by atoms with van der Waals surface area (Å²) in [6.07, 6.45) is 4.56. The van der Waals surface area contributed by atoms with Crippen LogP contribution in [0, 0.1) is 0 Å². The summed E-state index contributed by atoms with van der Waals surface area (Å²) in [7, 11) is 0. The first-order valence-electron chi connectivity index (χ1n) is 6.89. The highest BCUT2D eigenvalue weighted by Crippen LogP contribution is 2.33. The van der Waals surface area contributed by atoms with Crippen LogP contribution in [-0.2, 0) is 6.54 Å². The van der Waals surface area contributed by atoms with E-state index in [1.807, 2.05) is 28.9 Å². The van der Waals surface area contributed by atoms with Gasteiger partial charge in [0.1, 0.15) is 5.58 Å². The fourth-order valence-corrected chi connectivity index (χ4v) is 3.11. The number of furan rings is 1. The second-order valence-corrected chi connectivity index (χ2v) is 5.74. The third-order valence-electron chi connectivity index (χ3n) is 3.53. The fourth-order valence-electron chi connectivity index (χ4n) is 2.59. The van der Waals surface area contributed by atoms with E-state index in [2.05, 4.69) is 33.4 Å². The molecule has 0 aliphatic heterocycles. The van der Waals surface area contributed by atoms with E-state index in [0.29, 0.717) is 0 Å². The molecule has 0 aliphatic rings. The van der Waals surface area contributed by atoms with Crippen LogP contribution in [0.2, 0.25) is 0 Å². The van der Waals surface area contributed by atoms with Crippen LogP contribution in [0.1, 0.15) is 30.6 Å². The van der Waals surface area contributed by atoms with Crippen LogP contribution in [0.25, 0.3) is 11.0 Å². The maximum atomic E-state index is 5.83. The molecule has 2 aromatic heterocycles. The van der Waals surface area contributed by atoms with Crippen LogP contribution in [0.15, 0.2) is 45.6 Å². The summed E-state index contributed by atoms with van der Waals surface area (Å²) in [6.45, 7) is 2.96. The van der Waals surface area contributed by atoms with Crippen LogP contribution in [0.5, 0.6) is 0 Å². The fraction of sp³-hybridized carbons (Fsp3) is 0.267. The van der Waals surface area contributed by atoms with Crippen molar-refractivity contribution in [3.63, 3.8) is 0 Å². The normalized spacial score (nSPS) is 12.9. The average Bonchev–Trinajstić information content (AvgIpc) is 3.07. The quantitative estimate of drug-likeness (QED) is 0.548. The number of hydrazine groups is 1. The Morgan fingerprint density at radius 1 is 1.43 bits per heavy atom. The van der Waals surface area contributed by atoms with E-state index >= 15 is 0 Å². The van der Waals surface area contributed by atoms with Gasteiger partial charge in [0.25, 0.3) is 0 Å². The Morgan fingerprint density at radius 2 is 2.24 bits per heavy atom. The van der Waals surface area contributed by atoms with Crippen LogP contribution >= 0.6 is 15.9 Å². The number of nitrogens with zero attached hydrogens (tertiary/aromatic N) is 2. The summed E-state index contributed by atoms with van der Waals surface area (Å²) < 4.78 is 8.53. The Labute approximate surface area is 131 Å². The molecule has 1 unspecified atom stereocenters. The summed E-state index contributed by atoms with van der Waals surface area (Å²) in [5.41, 5.74) is 5.75. The molecule has 0 fully saturated rings. The van der Waals surface area contributed by atoms with Gasteiger partial charge in [-0.05, 0) is 28.4 Å². The number of para-hydroxylation sites is 1. The molecule has 0 saturated heterocycles. The van der Waals surface area contributed by atoms with Gasteiger partial charge in [0.2, 0.25) is 0 Å². The smallest absolute Gasteiger partial charge is 0.134 e. The molecule has 110 valence electrons. The van der Waals surface area contributed by atoms with E-state index < -0.39 is 0 Å². The van der Waals surface area contributed by atoms with Gasteiger partial charge in [-0.15, -0.1) is 0 Å². The molecule has 2 heterocycles. The van der Waals surface area contributed by atoms with Crippen LogP contribution in [0.4, 0.5) is 0 Å². The summed E-state index contributed by atoms with van der Waals surface area (Å²) >= 11 is 3.57. The predicted molar refractivity (Wildman–Crippen MR) is 85.6 cm³/mol. The van der Waals surface area contributed by atoms with E-state index in [1.165, 1.54) is 0 Å². The van der Waals surface area contributed by atoms with Gasteiger partial charge in [-0.3, -0.25) is 10.5 Å². The van der Waals surface area contributed by atoms with Crippen molar-refractivity contribution in [2.24, 2.45) is 5.84 Å². The molecule has 6 heteroatoms. The number of rotatable bonds is 5. The van der Waals surface area contributed by atoms with Crippen molar-refractivity contribution < 1.29 is 4.42 Å². The highest BCUT2D eigenvalue weighted by molar-refractivity contribution is 9.10. The summed E-state index contributed by atoms with van der Waals surface area (Å²) in [4.78, 5) is 0. The molecule has 21 heavy (non-hydrogen) atoms. The van der Waals surface area contributed by atoms with Gasteiger partial charge in [0.15, 0.2) is 0 Å². The van der Waals surface area contributed by atoms with E-state index in [0.717, 1.165) is 39.7 Å². The van der Waals surface area contributed by atoms with Crippen molar-refractivity contribution >= 4 is 26.9 Å². The lowest BCUT2D eigenvalue weighted by Crippen LogP contribution is -2.31. The molecule has 0 amide bonds. The molecule has 3 aromatic rings. The van der Waals surface area contributed by atoms with Crippen molar-refractivity contribution in [3.05, 3.63) is 52.5 Å². The number of aromatic nitrogens is 2. The van der Waals surface area contributed by atoms with Crippen molar-refractivity contribution in [1.82, 2.24) is 15.2 Å². The molecule has 0 radical (unpaired) electrons. The minimum absolute atomic E-state index is 0.183. The van der Waals surface area contributed by atoms with E-state index in [1.54, 1.807) is 12.5 Å². The maximum absolute atomic E-state index is 5.83. The molecule has 0 spiro atoms. The molecule has 0 saturated carbocycles. The zero-order valence-corrected chi connectivity index (χ0v) is 13.3. The summed E-state index contributed by atoms with van der Waals surface area (Å²) in [6, 6.07) is 7.75. The summed E-state index contributed by atoms with van der Waals surface area (Å²) in [5.74, 6) is 5.83. The van der Waals surface area contributed by atoms with Gasteiger partial charge in [0, 0.05) is 17.5 Å². The Morgan fingerprint density at radius 3 is 3.00 bits per heavy atom. The number of fused-ring (bicyclic) bond motifs is 1. The van der Waals surface area contributed by atoms with Crippen molar-refractivity contribution in [1.29, 1.82) is 0 Å². The van der Waals surface area contributed by atoms with Crippen molar-refractivity contribution in [2.45, 2.75) is 25.9 Å². The van der Waals surface area contributed by atoms with E-state index in [-0.39, 0.29) is 6.04 Å². The Balaban J connectivity index is 2.12. The van der Waals surface area contributed by atoms with Crippen LogP contribution < -0.4 is 11.3 Å². The number of aryl methyl sites for hydroxylation is 1. The Hall–Kier alpha value is -1.63. The zero-order chi connectivity index (χ0) is 14.8. The minimum Gasteiger partial charge on any atom is -0.464 e. The van der Waals surface area contributed by atoms with E-state index in [4.69, 9.17) is 10.3 Å². The molecule has 3 N–H and O–H groups in total. The van der Waals surface area contributed by atoms with Gasteiger partial charge >= 0.3 is 0 Å². The van der Waals surface area contributed by atoms with Crippen LogP contribution in [-0.4, -0.2) is 9.78 Å². The molecule has 1 atom stereocenters. The van der Waals surface area contributed by atoms with Gasteiger partial charge in [-0.1, -0.05) is 25.1 Å². The van der Waals surface area contributed by atoms with Crippen LogP contribution in [0.3, 0.4) is 0 Å². The largest absolute Gasteiger partial charge is 0.464 e. The predicted octanol–water partition coefficient (Wildman–Crippen LogP) is 3.35. The minimum atomic E-state index is -0.183. The molecule has 1 aromatic carbocycles. The van der Waals surface area contributed by atoms with Crippen molar-refractivity contribution in [2.75, 3.05) is 0 Å². The highest BCUT2D eigenvalue weighted by atomic mass is 79.9. The van der Waals surface area contributed by atoms with Gasteiger partial charge in [-0.2, -0.15) is 5.10 Å². The lowest BCUT2D eigenvalue weighted by molar-refractivity contribution is 0.514. The Kier molecular flexibility index (Phi) is 4.10. The standard InChI is InChI=1S/C15H17BrN4O/c1-2-7-20-15(12(16)8-18-20)14(19-17)11-9-21-13-6-4-3-5-10(11)13/h3-6,8-9,14,19H,2,7,17H2,1H3. The monoisotopic (exact) mass is 348 g/mol. The zero-order valence-electron chi connectivity index (χ0n) is 11.7. The molecule has 0 aliphatic carbocycles. The van der Waals surface area contributed by atoms with E-state index in [9.17, 15) is 0 Å². The van der Waals surface area contributed by atoms with Crippen molar-refractivity contribution in [3.8, 4) is 0 Å². The first kappa shape index (κ1) is 14.3. The number of hydrogen-bond acceptors (Lipinski definition) is 4. The molecular formula is C15H17BrN4O. The number of nitrogens with two attached hydrogens (primary N) is 1. The maximum Gasteiger partial charge on any atom is 0.134 e. The lowest BCUT2D eigenvalue weighted by atomic mass is 10.0. The molecule has 5 nitrogen and oxygen atoms in total. The highest BCUT2D eigenvalue weighted by Gasteiger charge is 2.24. The van der Waals surface area contributed by atoms with Gasteiger partial charge in [0.05, 0.1) is 28.7 Å². The second-order valence-electron chi connectivity index (χ2n) is 4.89. The Bertz CT molecular complexity index is 749. The molecule has 0 bridgehead atoms. The molecular weight excluding hydrogens is 332 g/mol. The first-order chi connectivity index (χ1) is 10.3. The average molecular weight is 349 g/mol. The third-order valence-corrected chi connectivity index (χ3v) is 4.14. The SMILES string of the molecule is CCCn1ncc(Br)c1C(NN)c1coc2ccccc12. The number of benzene rings is 1. The first-order valence-corrected chi connectivity index (χ1v) is 7.69. The second kappa shape index (κ2) is 6.01. The van der Waals surface area contributed by atoms with Gasteiger partial charge < -0.3 is 4.42 Å². The number of hydrogen-bond donors (Lipinski definition) is 2. The topological polar surface area (TPSA) is 69.0 Å². The lowest BCUT2D eigenvalue weighted by Gasteiger charge is -2.17. The number of nitrogens with one attached hydrogen (secondary N) is 1. The van der Waals surface area contributed by atoms with Gasteiger partial charge in [-0.25, -0.2) is 5.43 Å².